The summed E-state index contributed by atoms with van der Waals surface area (Å²) in [6, 6.07) is 28.5. The van der Waals surface area contributed by atoms with Crippen molar-refractivity contribution in [2.45, 2.75) is 5.41 Å². The van der Waals surface area contributed by atoms with E-state index in [0.29, 0.717) is 11.2 Å². The monoisotopic (exact) mass is 436 g/mol. The molecule has 4 heteroatoms. The van der Waals surface area contributed by atoms with Crippen molar-refractivity contribution in [2.24, 2.45) is 0 Å². The molecular formula is C25H14BBrO2. The Morgan fingerprint density at radius 1 is 0.586 bits per heavy atom. The van der Waals surface area contributed by atoms with Gasteiger partial charge in [-0.1, -0.05) is 72.2 Å². The molecule has 136 valence electrons. The van der Waals surface area contributed by atoms with Crippen LogP contribution in [0.2, 0.25) is 0 Å². The molecule has 0 amide bonds. The third-order valence-corrected chi connectivity index (χ3v) is 6.45. The molecule has 0 aromatic heterocycles. The number of fused-ring (bicyclic) bond motifs is 8. The minimum absolute atomic E-state index is 0.590. The molecule has 0 N–H and O–H groups in total. The highest BCUT2D eigenvalue weighted by Gasteiger charge is 2.50. The van der Waals surface area contributed by atoms with Crippen molar-refractivity contribution in [3.63, 3.8) is 0 Å². The Labute approximate surface area is 178 Å². The maximum Gasteiger partial charge on any atom is 0.146 e. The van der Waals surface area contributed by atoms with E-state index < -0.39 is 5.41 Å². The molecular weight excluding hydrogens is 423 g/mol. The van der Waals surface area contributed by atoms with Crippen LogP contribution in [0.1, 0.15) is 22.3 Å². The predicted molar refractivity (Wildman–Crippen MR) is 118 cm³/mol. The molecule has 29 heavy (non-hydrogen) atoms. The quantitative estimate of drug-likeness (QED) is 0.278. The molecule has 2 aliphatic heterocycles. The fourth-order valence-electron chi connectivity index (χ4n) is 4.69. The van der Waals surface area contributed by atoms with Crippen LogP contribution in [0.5, 0.6) is 23.0 Å². The van der Waals surface area contributed by atoms with Crippen molar-refractivity contribution in [2.75, 3.05) is 0 Å². The molecule has 2 radical (unpaired) electrons. The number of benzene rings is 4. The fourth-order valence-corrected chi connectivity index (χ4v) is 5.14. The molecule has 0 aliphatic carbocycles. The summed E-state index contributed by atoms with van der Waals surface area (Å²) < 4.78 is 13.6. The van der Waals surface area contributed by atoms with Gasteiger partial charge in [0.25, 0.3) is 0 Å². The highest BCUT2D eigenvalue weighted by atomic mass is 79.9. The lowest BCUT2D eigenvalue weighted by Crippen LogP contribution is -2.38. The van der Waals surface area contributed by atoms with E-state index >= 15 is 0 Å². The van der Waals surface area contributed by atoms with Crippen molar-refractivity contribution < 1.29 is 9.47 Å². The van der Waals surface area contributed by atoms with Gasteiger partial charge in [0.1, 0.15) is 30.8 Å². The van der Waals surface area contributed by atoms with Crippen molar-refractivity contribution in [3.05, 3.63) is 112 Å². The van der Waals surface area contributed by atoms with Gasteiger partial charge in [-0.25, -0.2) is 0 Å². The molecule has 1 atom stereocenters. The first-order chi connectivity index (χ1) is 14.2. The van der Waals surface area contributed by atoms with Gasteiger partial charge in [-0.2, -0.15) is 0 Å². The minimum Gasteiger partial charge on any atom is -0.457 e. The van der Waals surface area contributed by atoms with Crippen LogP contribution in [0.15, 0.2) is 89.4 Å². The summed E-state index contributed by atoms with van der Waals surface area (Å²) in [5.41, 5.74) is 4.27. The van der Waals surface area contributed by atoms with E-state index in [4.69, 9.17) is 17.3 Å². The lowest BCUT2D eigenvalue weighted by Gasteiger charge is -2.45. The third kappa shape index (κ3) is 2.12. The van der Waals surface area contributed by atoms with E-state index in [2.05, 4.69) is 52.3 Å². The standard InChI is InChI=1S/C25H14BBrO2/c26-19-11-5-9-17-23(19)28-21-13-3-1-7-15(21)25(17)16-8-2-4-14-22(16)29-24-18(25)10-6-12-20(24)27/h1-14H. The summed E-state index contributed by atoms with van der Waals surface area (Å²) in [4.78, 5) is 0. The second-order valence-electron chi connectivity index (χ2n) is 7.29. The molecule has 1 spiro atoms. The molecule has 1 unspecified atom stereocenters. The van der Waals surface area contributed by atoms with E-state index in [1.807, 2.05) is 48.5 Å². The SMILES string of the molecule is [B]c1cccc2c1Oc1ccccc1C21c2ccccc2Oc2c(Br)cccc21. The molecule has 4 aromatic carbocycles. The van der Waals surface area contributed by atoms with Gasteiger partial charge in [0, 0.05) is 22.3 Å². The van der Waals surface area contributed by atoms with Gasteiger partial charge >= 0.3 is 0 Å². The Morgan fingerprint density at radius 3 is 1.79 bits per heavy atom. The second-order valence-corrected chi connectivity index (χ2v) is 8.14. The van der Waals surface area contributed by atoms with Gasteiger partial charge in [-0.15, -0.1) is 0 Å². The van der Waals surface area contributed by atoms with Crippen LogP contribution in [0, 0.1) is 0 Å². The smallest absolute Gasteiger partial charge is 0.146 e. The Kier molecular flexibility index (Phi) is 3.51. The zero-order valence-corrected chi connectivity index (χ0v) is 16.9. The molecule has 2 aliphatic rings. The first-order valence-corrected chi connectivity index (χ1v) is 10.2. The Balaban J connectivity index is 1.87. The lowest BCUT2D eigenvalue weighted by molar-refractivity contribution is 0.399. The van der Waals surface area contributed by atoms with E-state index in [1.54, 1.807) is 0 Å². The summed E-state index contributed by atoms with van der Waals surface area (Å²) >= 11 is 3.70. The van der Waals surface area contributed by atoms with Gasteiger partial charge in [0.05, 0.1) is 9.89 Å². The van der Waals surface area contributed by atoms with Crippen LogP contribution in [0.3, 0.4) is 0 Å². The number of ether oxygens (including phenoxy) is 2. The first kappa shape index (κ1) is 16.9. The fraction of sp³-hybridized carbons (Fsp3) is 0.0400. The number of hydrogen-bond donors (Lipinski definition) is 0. The van der Waals surface area contributed by atoms with Crippen molar-refractivity contribution in [1.82, 2.24) is 0 Å². The Hall–Kier alpha value is -2.98. The number of halogens is 1. The van der Waals surface area contributed by atoms with Crippen molar-refractivity contribution in [3.8, 4) is 23.0 Å². The molecule has 0 saturated carbocycles. The van der Waals surface area contributed by atoms with Crippen LogP contribution in [0.4, 0.5) is 0 Å². The van der Waals surface area contributed by atoms with Gasteiger partial charge < -0.3 is 9.47 Å². The van der Waals surface area contributed by atoms with Crippen molar-refractivity contribution in [1.29, 1.82) is 0 Å². The van der Waals surface area contributed by atoms with Crippen LogP contribution in [-0.2, 0) is 5.41 Å². The second kappa shape index (κ2) is 6.01. The molecule has 0 saturated heterocycles. The Bertz CT molecular complexity index is 1200. The average molecular weight is 437 g/mol. The van der Waals surface area contributed by atoms with Crippen LogP contribution in [-0.4, -0.2) is 7.85 Å². The number of para-hydroxylation sites is 4. The van der Waals surface area contributed by atoms with Crippen LogP contribution in [0.25, 0.3) is 0 Å². The molecule has 2 heterocycles. The molecule has 6 rings (SSSR count). The molecule has 0 bridgehead atoms. The topological polar surface area (TPSA) is 18.5 Å². The Morgan fingerprint density at radius 2 is 1.10 bits per heavy atom. The van der Waals surface area contributed by atoms with E-state index in [-0.39, 0.29) is 0 Å². The lowest BCUT2D eigenvalue weighted by atomic mass is 9.61. The van der Waals surface area contributed by atoms with Crippen LogP contribution < -0.4 is 14.9 Å². The minimum atomic E-state index is -0.590. The zero-order chi connectivity index (χ0) is 19.6. The summed E-state index contributed by atoms with van der Waals surface area (Å²) in [6.45, 7) is 0. The molecule has 4 aromatic rings. The highest BCUT2D eigenvalue weighted by molar-refractivity contribution is 9.10. The van der Waals surface area contributed by atoms with E-state index in [1.165, 1.54) is 0 Å². The third-order valence-electron chi connectivity index (χ3n) is 5.83. The van der Waals surface area contributed by atoms with Gasteiger partial charge in [0.2, 0.25) is 0 Å². The molecule has 2 nitrogen and oxygen atoms in total. The average Bonchev–Trinajstić information content (AvgIpc) is 2.75. The summed E-state index contributed by atoms with van der Waals surface area (Å²) in [6.07, 6.45) is 0. The highest BCUT2D eigenvalue weighted by Crippen LogP contribution is 2.61. The zero-order valence-electron chi connectivity index (χ0n) is 15.4. The van der Waals surface area contributed by atoms with Gasteiger partial charge in [-0.3, -0.25) is 0 Å². The largest absolute Gasteiger partial charge is 0.457 e. The van der Waals surface area contributed by atoms with Gasteiger partial charge in [-0.05, 0) is 34.1 Å². The van der Waals surface area contributed by atoms with Gasteiger partial charge in [0.15, 0.2) is 0 Å². The number of hydrogen-bond acceptors (Lipinski definition) is 2. The maximum absolute atomic E-state index is 6.39. The van der Waals surface area contributed by atoms with Crippen LogP contribution >= 0.6 is 15.9 Å². The van der Waals surface area contributed by atoms with E-state index in [9.17, 15) is 0 Å². The van der Waals surface area contributed by atoms with Crippen molar-refractivity contribution >= 4 is 29.2 Å². The maximum atomic E-state index is 6.39. The normalized spacial score (nSPS) is 18.0. The summed E-state index contributed by atoms with van der Waals surface area (Å²) in [5, 5.41) is 0. The van der Waals surface area contributed by atoms with E-state index in [0.717, 1.165) is 44.0 Å². The number of rotatable bonds is 0. The summed E-state index contributed by atoms with van der Waals surface area (Å²) in [7, 11) is 6.39. The summed E-state index contributed by atoms with van der Waals surface area (Å²) in [5.74, 6) is 3.16. The predicted octanol–water partition coefficient (Wildman–Crippen LogP) is 5.84. The first-order valence-electron chi connectivity index (χ1n) is 9.44. The molecule has 0 fully saturated rings.